The third-order valence-corrected chi connectivity index (χ3v) is 3.05. The lowest BCUT2D eigenvalue weighted by atomic mass is 10.2. The Morgan fingerprint density at radius 2 is 2.21 bits per heavy atom. The molecule has 1 saturated heterocycles. The van der Waals surface area contributed by atoms with E-state index in [0.29, 0.717) is 12.6 Å². The molecule has 0 amide bonds. The van der Waals surface area contributed by atoms with E-state index in [1.807, 2.05) is 0 Å². The van der Waals surface area contributed by atoms with E-state index >= 15 is 0 Å². The van der Waals surface area contributed by atoms with Crippen LogP contribution < -0.4 is 5.73 Å². The van der Waals surface area contributed by atoms with Crippen molar-refractivity contribution >= 4 is 0 Å². The Kier molecular flexibility index (Phi) is 4.81. The number of rotatable bonds is 3. The lowest BCUT2D eigenvalue weighted by Gasteiger charge is -2.33. The third-order valence-electron chi connectivity index (χ3n) is 3.05. The van der Waals surface area contributed by atoms with Crippen molar-refractivity contribution in [3.05, 3.63) is 0 Å². The average molecular weight is 201 g/mol. The standard InChI is InChI=1S/C10H23N3O/c1-9-7-12(2)4-3-5-13(9)10(6-11)8-14/h9-10,14H,3-8,11H2,1-2H3. The molecule has 1 aliphatic heterocycles. The van der Waals surface area contributed by atoms with E-state index < -0.39 is 0 Å². The maximum absolute atomic E-state index is 9.22. The number of aliphatic hydroxyl groups excluding tert-OH is 1. The van der Waals surface area contributed by atoms with Crippen LogP contribution in [0, 0.1) is 0 Å². The zero-order valence-electron chi connectivity index (χ0n) is 9.32. The van der Waals surface area contributed by atoms with Gasteiger partial charge in [-0.25, -0.2) is 0 Å². The minimum atomic E-state index is 0.136. The molecule has 1 fully saturated rings. The lowest BCUT2D eigenvalue weighted by Crippen LogP contribution is -2.49. The number of likely N-dealkylation sites (N-methyl/N-ethyl adjacent to an activating group) is 1. The Hall–Kier alpha value is -0.160. The van der Waals surface area contributed by atoms with E-state index in [-0.39, 0.29) is 12.6 Å². The average Bonchev–Trinajstić information content (AvgIpc) is 2.31. The van der Waals surface area contributed by atoms with Gasteiger partial charge in [-0.05, 0) is 26.9 Å². The molecule has 0 aliphatic carbocycles. The van der Waals surface area contributed by atoms with Crippen molar-refractivity contribution in [3.63, 3.8) is 0 Å². The van der Waals surface area contributed by atoms with Gasteiger partial charge in [0.05, 0.1) is 6.61 Å². The second kappa shape index (κ2) is 5.66. The molecule has 0 saturated carbocycles. The van der Waals surface area contributed by atoms with Crippen molar-refractivity contribution < 1.29 is 5.11 Å². The monoisotopic (exact) mass is 201 g/mol. The molecule has 0 aromatic heterocycles. The van der Waals surface area contributed by atoms with Gasteiger partial charge in [0.2, 0.25) is 0 Å². The number of hydrogen-bond donors (Lipinski definition) is 2. The highest BCUT2D eigenvalue weighted by atomic mass is 16.3. The summed E-state index contributed by atoms with van der Waals surface area (Å²) in [6, 6.07) is 0.625. The highest BCUT2D eigenvalue weighted by Gasteiger charge is 2.24. The van der Waals surface area contributed by atoms with Crippen LogP contribution in [-0.4, -0.2) is 66.8 Å². The number of aliphatic hydroxyl groups is 1. The van der Waals surface area contributed by atoms with Crippen molar-refractivity contribution in [2.75, 3.05) is 39.8 Å². The van der Waals surface area contributed by atoms with Crippen LogP contribution in [-0.2, 0) is 0 Å². The highest BCUT2D eigenvalue weighted by Crippen LogP contribution is 2.11. The second-order valence-corrected chi connectivity index (χ2v) is 4.27. The summed E-state index contributed by atoms with van der Waals surface area (Å²) < 4.78 is 0. The largest absolute Gasteiger partial charge is 0.395 e. The summed E-state index contributed by atoms with van der Waals surface area (Å²) in [6.07, 6.45) is 1.16. The second-order valence-electron chi connectivity index (χ2n) is 4.27. The molecule has 1 heterocycles. The van der Waals surface area contributed by atoms with Crippen LogP contribution in [0.3, 0.4) is 0 Å². The minimum absolute atomic E-state index is 0.136. The summed E-state index contributed by atoms with van der Waals surface area (Å²) >= 11 is 0. The molecule has 14 heavy (non-hydrogen) atoms. The van der Waals surface area contributed by atoms with Crippen molar-refractivity contribution in [2.45, 2.75) is 25.4 Å². The molecule has 2 atom stereocenters. The maximum Gasteiger partial charge on any atom is 0.0599 e. The first-order valence-corrected chi connectivity index (χ1v) is 5.44. The van der Waals surface area contributed by atoms with Gasteiger partial charge in [-0.2, -0.15) is 0 Å². The topological polar surface area (TPSA) is 52.7 Å². The fourth-order valence-electron chi connectivity index (χ4n) is 2.25. The molecule has 0 aromatic rings. The summed E-state index contributed by atoms with van der Waals surface area (Å²) in [5.41, 5.74) is 5.65. The van der Waals surface area contributed by atoms with Gasteiger partial charge in [-0.1, -0.05) is 0 Å². The maximum atomic E-state index is 9.22. The van der Waals surface area contributed by atoms with E-state index in [0.717, 1.165) is 26.1 Å². The molecular formula is C10H23N3O. The molecule has 3 N–H and O–H groups in total. The quantitative estimate of drug-likeness (QED) is 0.636. The van der Waals surface area contributed by atoms with Crippen LogP contribution in [0.2, 0.25) is 0 Å². The predicted molar refractivity (Wildman–Crippen MR) is 58.2 cm³/mol. The molecule has 1 rings (SSSR count). The van der Waals surface area contributed by atoms with Gasteiger partial charge in [0.25, 0.3) is 0 Å². The van der Waals surface area contributed by atoms with Gasteiger partial charge in [-0.3, -0.25) is 4.90 Å². The SMILES string of the molecule is CC1CN(C)CCCN1C(CN)CO. The van der Waals surface area contributed by atoms with Crippen LogP contribution in [0.1, 0.15) is 13.3 Å². The zero-order valence-corrected chi connectivity index (χ0v) is 9.32. The highest BCUT2D eigenvalue weighted by molar-refractivity contribution is 4.81. The molecule has 84 valence electrons. The molecule has 4 nitrogen and oxygen atoms in total. The van der Waals surface area contributed by atoms with Crippen molar-refractivity contribution in [1.82, 2.24) is 9.80 Å². The Morgan fingerprint density at radius 3 is 2.79 bits per heavy atom. The van der Waals surface area contributed by atoms with Gasteiger partial charge in [0.15, 0.2) is 0 Å². The van der Waals surface area contributed by atoms with Crippen LogP contribution in [0.25, 0.3) is 0 Å². The first kappa shape index (κ1) is 11.9. The molecule has 0 bridgehead atoms. The van der Waals surface area contributed by atoms with E-state index in [9.17, 15) is 5.11 Å². The minimum Gasteiger partial charge on any atom is -0.395 e. The van der Waals surface area contributed by atoms with Crippen molar-refractivity contribution in [2.24, 2.45) is 5.73 Å². The van der Waals surface area contributed by atoms with Gasteiger partial charge in [0.1, 0.15) is 0 Å². The fraction of sp³-hybridized carbons (Fsp3) is 1.00. The van der Waals surface area contributed by atoms with Gasteiger partial charge in [0, 0.05) is 31.7 Å². The fourth-order valence-corrected chi connectivity index (χ4v) is 2.25. The number of nitrogens with two attached hydrogens (primary N) is 1. The van der Waals surface area contributed by atoms with E-state index in [4.69, 9.17) is 5.73 Å². The van der Waals surface area contributed by atoms with Crippen molar-refractivity contribution in [3.8, 4) is 0 Å². The van der Waals surface area contributed by atoms with E-state index in [2.05, 4.69) is 23.8 Å². The molecule has 0 radical (unpaired) electrons. The lowest BCUT2D eigenvalue weighted by molar-refractivity contribution is 0.0950. The zero-order chi connectivity index (χ0) is 10.6. The Labute approximate surface area is 86.7 Å². The third kappa shape index (κ3) is 2.92. The van der Waals surface area contributed by atoms with Crippen LogP contribution in [0.15, 0.2) is 0 Å². The van der Waals surface area contributed by atoms with E-state index in [1.54, 1.807) is 0 Å². The van der Waals surface area contributed by atoms with Crippen LogP contribution in [0.5, 0.6) is 0 Å². The van der Waals surface area contributed by atoms with Gasteiger partial charge in [-0.15, -0.1) is 0 Å². The van der Waals surface area contributed by atoms with Gasteiger partial charge >= 0.3 is 0 Å². The van der Waals surface area contributed by atoms with Crippen LogP contribution >= 0.6 is 0 Å². The predicted octanol–water partition coefficient (Wildman–Crippen LogP) is -0.668. The molecule has 4 heteroatoms. The number of nitrogens with zero attached hydrogens (tertiary/aromatic N) is 2. The number of hydrogen-bond acceptors (Lipinski definition) is 4. The Balaban J connectivity index is 2.57. The first-order valence-electron chi connectivity index (χ1n) is 5.44. The van der Waals surface area contributed by atoms with E-state index in [1.165, 1.54) is 0 Å². The molecule has 0 aromatic carbocycles. The summed E-state index contributed by atoms with van der Waals surface area (Å²) in [5.74, 6) is 0. The Morgan fingerprint density at radius 1 is 1.50 bits per heavy atom. The van der Waals surface area contributed by atoms with Gasteiger partial charge < -0.3 is 15.7 Å². The molecular weight excluding hydrogens is 178 g/mol. The summed E-state index contributed by atoms with van der Waals surface area (Å²) in [6.45, 7) is 6.18. The van der Waals surface area contributed by atoms with Crippen LogP contribution in [0.4, 0.5) is 0 Å². The summed E-state index contributed by atoms with van der Waals surface area (Å²) in [4.78, 5) is 4.68. The molecule has 2 unspecified atom stereocenters. The van der Waals surface area contributed by atoms with Crippen molar-refractivity contribution in [1.29, 1.82) is 0 Å². The molecule has 1 aliphatic rings. The first-order chi connectivity index (χ1) is 6.69. The summed E-state index contributed by atoms with van der Waals surface area (Å²) in [7, 11) is 2.15. The smallest absolute Gasteiger partial charge is 0.0599 e. The Bertz CT molecular complexity index is 161. The molecule has 0 spiro atoms. The normalized spacial score (nSPS) is 28.7. The summed E-state index contributed by atoms with van der Waals surface area (Å²) in [5, 5.41) is 9.22.